The van der Waals surface area contributed by atoms with Gasteiger partial charge in [0, 0.05) is 45.9 Å². The van der Waals surface area contributed by atoms with E-state index in [1.54, 1.807) is 31.0 Å². The first kappa shape index (κ1) is 19.2. The van der Waals surface area contributed by atoms with E-state index in [1.165, 1.54) is 0 Å². The number of aromatic nitrogens is 6. The van der Waals surface area contributed by atoms with Gasteiger partial charge < -0.3 is 15.4 Å². The van der Waals surface area contributed by atoms with Crippen molar-refractivity contribution >= 4 is 27.6 Å². The standard InChI is InChI=1S/C23H23N7O/c1-23(2,3)22(31)27-16-6-14(9-25-11-16)15-7-17-20(29-30-21(17)26-10-15)18-8-13-4-5-24-12-19(13)28-18/h4-12,22,27-28,31H,1-3H3,(H,26,29,30). The van der Waals surface area contributed by atoms with Gasteiger partial charge in [-0.15, -0.1) is 0 Å². The van der Waals surface area contributed by atoms with E-state index in [0.29, 0.717) is 5.65 Å². The number of fused-ring (bicyclic) bond motifs is 2. The van der Waals surface area contributed by atoms with Crippen molar-refractivity contribution in [1.29, 1.82) is 0 Å². The number of H-pyrrole nitrogens is 2. The SMILES string of the molecule is CC(C)(C)C(O)Nc1cncc(-c2cnc3[nH]nc(-c4cc5ccncc5[nH]4)c3c2)c1. The first-order valence-electron chi connectivity index (χ1n) is 10.1. The van der Waals surface area contributed by atoms with Gasteiger partial charge in [0.15, 0.2) is 5.65 Å². The fraction of sp³-hybridized carbons (Fsp3) is 0.217. The third-order valence-electron chi connectivity index (χ3n) is 5.29. The van der Waals surface area contributed by atoms with Crippen molar-refractivity contribution < 1.29 is 5.11 Å². The zero-order valence-corrected chi connectivity index (χ0v) is 17.5. The van der Waals surface area contributed by atoms with Gasteiger partial charge in [0.1, 0.15) is 11.9 Å². The number of anilines is 1. The summed E-state index contributed by atoms with van der Waals surface area (Å²) in [5.41, 5.74) is 5.62. The summed E-state index contributed by atoms with van der Waals surface area (Å²) in [6.07, 6.45) is 8.15. The number of aromatic amines is 2. The third kappa shape index (κ3) is 3.62. The van der Waals surface area contributed by atoms with E-state index in [4.69, 9.17) is 0 Å². The number of hydrogen-bond acceptors (Lipinski definition) is 6. The Kier molecular flexibility index (Phi) is 4.44. The lowest BCUT2D eigenvalue weighted by molar-refractivity contribution is 0.0880. The van der Waals surface area contributed by atoms with Gasteiger partial charge in [0.2, 0.25) is 0 Å². The first-order chi connectivity index (χ1) is 14.9. The van der Waals surface area contributed by atoms with Gasteiger partial charge in [-0.05, 0) is 24.3 Å². The maximum absolute atomic E-state index is 10.4. The maximum Gasteiger partial charge on any atom is 0.155 e. The summed E-state index contributed by atoms with van der Waals surface area (Å²) < 4.78 is 0. The maximum atomic E-state index is 10.4. The molecule has 156 valence electrons. The van der Waals surface area contributed by atoms with Crippen LogP contribution in [0.25, 0.3) is 44.5 Å². The Morgan fingerprint density at radius 3 is 2.65 bits per heavy atom. The molecule has 0 fully saturated rings. The molecule has 0 saturated carbocycles. The molecule has 8 nitrogen and oxygen atoms in total. The minimum absolute atomic E-state index is 0.294. The summed E-state index contributed by atoms with van der Waals surface area (Å²) in [6, 6.07) is 8.02. The van der Waals surface area contributed by atoms with Gasteiger partial charge in [0.25, 0.3) is 0 Å². The minimum atomic E-state index is -0.692. The molecule has 5 heterocycles. The predicted molar refractivity (Wildman–Crippen MR) is 121 cm³/mol. The van der Waals surface area contributed by atoms with E-state index in [-0.39, 0.29) is 5.41 Å². The van der Waals surface area contributed by atoms with Gasteiger partial charge in [0.05, 0.1) is 29.3 Å². The van der Waals surface area contributed by atoms with Gasteiger partial charge >= 0.3 is 0 Å². The first-order valence-corrected chi connectivity index (χ1v) is 10.1. The van der Waals surface area contributed by atoms with Crippen molar-refractivity contribution in [2.75, 3.05) is 5.32 Å². The molecule has 0 aliphatic heterocycles. The quantitative estimate of drug-likeness (QED) is 0.326. The summed E-state index contributed by atoms with van der Waals surface area (Å²) in [6.45, 7) is 5.92. The molecule has 1 atom stereocenters. The van der Waals surface area contributed by atoms with Crippen molar-refractivity contribution in [3.8, 4) is 22.5 Å². The van der Waals surface area contributed by atoms with Crippen LogP contribution < -0.4 is 5.32 Å². The predicted octanol–water partition coefficient (Wildman–Crippen LogP) is 4.34. The number of aliphatic hydroxyl groups excluding tert-OH is 1. The lowest BCUT2D eigenvalue weighted by Crippen LogP contribution is -2.33. The molecule has 5 aromatic heterocycles. The Labute approximate surface area is 178 Å². The van der Waals surface area contributed by atoms with Gasteiger partial charge in [-0.1, -0.05) is 20.8 Å². The topological polar surface area (TPSA) is 115 Å². The summed E-state index contributed by atoms with van der Waals surface area (Å²) in [5, 5.41) is 23.0. The number of rotatable bonds is 4. The van der Waals surface area contributed by atoms with E-state index in [2.05, 4.69) is 41.5 Å². The second-order valence-corrected chi connectivity index (χ2v) is 8.71. The monoisotopic (exact) mass is 413 g/mol. The van der Waals surface area contributed by atoms with Crippen molar-refractivity contribution in [2.45, 2.75) is 27.0 Å². The smallest absolute Gasteiger partial charge is 0.155 e. The Morgan fingerprint density at radius 1 is 1.00 bits per heavy atom. The lowest BCUT2D eigenvalue weighted by Gasteiger charge is -2.27. The van der Waals surface area contributed by atoms with Crippen molar-refractivity contribution in [3.05, 3.63) is 55.2 Å². The van der Waals surface area contributed by atoms with Crippen LogP contribution in [0.4, 0.5) is 5.69 Å². The molecule has 0 aliphatic carbocycles. The number of hydrogen-bond donors (Lipinski definition) is 4. The molecular formula is C23H23N7O. The van der Waals surface area contributed by atoms with Crippen molar-refractivity contribution in [3.63, 3.8) is 0 Å². The highest BCUT2D eigenvalue weighted by molar-refractivity contribution is 5.95. The molecule has 0 radical (unpaired) electrons. The molecule has 1 unspecified atom stereocenters. The van der Waals surface area contributed by atoms with Gasteiger partial charge in [-0.25, -0.2) is 4.98 Å². The third-order valence-corrected chi connectivity index (χ3v) is 5.29. The molecule has 0 bridgehead atoms. The summed E-state index contributed by atoms with van der Waals surface area (Å²) >= 11 is 0. The van der Waals surface area contributed by atoms with Crippen LogP contribution in [0.1, 0.15) is 20.8 Å². The highest BCUT2D eigenvalue weighted by Crippen LogP contribution is 2.31. The lowest BCUT2D eigenvalue weighted by atomic mass is 9.94. The fourth-order valence-electron chi connectivity index (χ4n) is 3.42. The summed E-state index contributed by atoms with van der Waals surface area (Å²) in [4.78, 5) is 16.4. The zero-order chi connectivity index (χ0) is 21.6. The Balaban J connectivity index is 1.53. The fourth-order valence-corrected chi connectivity index (χ4v) is 3.42. The van der Waals surface area contributed by atoms with E-state index < -0.39 is 6.23 Å². The average molecular weight is 413 g/mol. The second kappa shape index (κ2) is 7.17. The summed E-state index contributed by atoms with van der Waals surface area (Å²) in [5.74, 6) is 0. The second-order valence-electron chi connectivity index (χ2n) is 8.71. The molecule has 5 rings (SSSR count). The van der Waals surface area contributed by atoms with Gasteiger partial charge in [-0.2, -0.15) is 5.10 Å². The highest BCUT2D eigenvalue weighted by atomic mass is 16.3. The molecule has 5 aromatic rings. The Morgan fingerprint density at radius 2 is 1.84 bits per heavy atom. The van der Waals surface area contributed by atoms with Crippen LogP contribution in [0.2, 0.25) is 0 Å². The average Bonchev–Trinajstić information content (AvgIpc) is 3.36. The normalized spacial score (nSPS) is 13.0. The van der Waals surface area contributed by atoms with Crippen LogP contribution >= 0.6 is 0 Å². The molecule has 31 heavy (non-hydrogen) atoms. The van der Waals surface area contributed by atoms with E-state index in [1.807, 2.05) is 39.0 Å². The molecule has 0 spiro atoms. The van der Waals surface area contributed by atoms with Crippen LogP contribution in [0, 0.1) is 5.41 Å². The van der Waals surface area contributed by atoms with E-state index in [0.717, 1.165) is 44.5 Å². The number of pyridine rings is 3. The highest BCUT2D eigenvalue weighted by Gasteiger charge is 2.22. The largest absolute Gasteiger partial charge is 0.373 e. The molecule has 8 heteroatoms. The molecule has 0 aromatic carbocycles. The minimum Gasteiger partial charge on any atom is -0.373 e. The van der Waals surface area contributed by atoms with E-state index in [9.17, 15) is 5.11 Å². The van der Waals surface area contributed by atoms with E-state index >= 15 is 0 Å². The summed E-state index contributed by atoms with van der Waals surface area (Å²) in [7, 11) is 0. The molecule has 0 aliphatic rings. The Hall–Kier alpha value is -3.78. The Bertz CT molecular complexity index is 1350. The van der Waals surface area contributed by atoms with Crippen LogP contribution in [-0.4, -0.2) is 41.5 Å². The van der Waals surface area contributed by atoms with Crippen LogP contribution in [-0.2, 0) is 0 Å². The number of aliphatic hydroxyl groups is 1. The molecule has 0 saturated heterocycles. The number of nitrogens with one attached hydrogen (secondary N) is 3. The van der Waals surface area contributed by atoms with Crippen LogP contribution in [0.3, 0.4) is 0 Å². The van der Waals surface area contributed by atoms with Crippen LogP contribution in [0.5, 0.6) is 0 Å². The van der Waals surface area contributed by atoms with Crippen molar-refractivity contribution in [1.82, 2.24) is 30.1 Å². The van der Waals surface area contributed by atoms with Crippen molar-refractivity contribution in [2.24, 2.45) is 5.41 Å². The molecule has 4 N–H and O–H groups in total. The molecule has 0 amide bonds. The molecular weight excluding hydrogens is 390 g/mol. The zero-order valence-electron chi connectivity index (χ0n) is 17.5. The number of nitrogens with zero attached hydrogens (tertiary/aromatic N) is 4. The van der Waals surface area contributed by atoms with Gasteiger partial charge in [-0.3, -0.25) is 15.1 Å². The van der Waals surface area contributed by atoms with Crippen LogP contribution in [0.15, 0.2) is 55.2 Å².